The summed E-state index contributed by atoms with van der Waals surface area (Å²) in [6.45, 7) is 0.193. The van der Waals surface area contributed by atoms with Gasteiger partial charge in [-0.1, -0.05) is 11.6 Å². The van der Waals surface area contributed by atoms with Gasteiger partial charge in [0.2, 0.25) is 10.0 Å². The fraction of sp³-hybridized carbons (Fsp3) is 0.500. The lowest BCUT2D eigenvalue weighted by atomic mass is 10.2. The fourth-order valence-electron chi connectivity index (χ4n) is 1.62. The molecule has 1 aliphatic rings. The largest absolute Gasteiger partial charge is 0.383 e. The predicted molar refractivity (Wildman–Crippen MR) is 76.8 cm³/mol. The lowest BCUT2D eigenvalue weighted by Gasteiger charge is -2.13. The highest BCUT2D eigenvalue weighted by Crippen LogP contribution is 2.31. The van der Waals surface area contributed by atoms with Crippen LogP contribution in [-0.4, -0.2) is 26.0 Å². The minimum absolute atomic E-state index is 0. The van der Waals surface area contributed by atoms with Crippen LogP contribution in [0.5, 0.6) is 0 Å². The summed E-state index contributed by atoms with van der Waals surface area (Å²) in [6, 6.07) is 1.11. The standard InChI is InChI=1S/C10H15ClN4O2S.ClH/c11-7-3-9(10(13)14-4-7)18(16,17)15-5-8(12)6-1-2-6;/h3-4,6,8,15H,1-2,5,12H2,(H2,13,14);1H. The molecule has 1 heterocycles. The first-order valence-corrected chi connectivity index (χ1v) is 7.42. The molecule has 0 radical (unpaired) electrons. The molecule has 2 rings (SSSR count). The van der Waals surface area contributed by atoms with Crippen LogP contribution in [0.25, 0.3) is 0 Å². The second-order valence-corrected chi connectivity index (χ2v) is 6.56. The van der Waals surface area contributed by atoms with E-state index in [4.69, 9.17) is 23.1 Å². The van der Waals surface area contributed by atoms with Crippen LogP contribution in [0, 0.1) is 5.92 Å². The van der Waals surface area contributed by atoms with E-state index < -0.39 is 10.0 Å². The van der Waals surface area contributed by atoms with E-state index >= 15 is 0 Å². The van der Waals surface area contributed by atoms with E-state index in [1.165, 1.54) is 12.3 Å². The molecule has 19 heavy (non-hydrogen) atoms. The third kappa shape index (κ3) is 4.19. The SMILES string of the molecule is Cl.Nc1ncc(Cl)cc1S(=O)(=O)NCC(N)C1CC1. The van der Waals surface area contributed by atoms with E-state index in [-0.39, 0.29) is 40.7 Å². The Hall–Kier alpha value is -0.600. The first kappa shape index (κ1) is 16.5. The van der Waals surface area contributed by atoms with Gasteiger partial charge in [0.05, 0.1) is 5.02 Å². The summed E-state index contributed by atoms with van der Waals surface area (Å²) in [6.07, 6.45) is 3.42. The Morgan fingerprint density at radius 1 is 1.53 bits per heavy atom. The highest BCUT2D eigenvalue weighted by Gasteiger charge is 2.29. The predicted octanol–water partition coefficient (Wildman–Crippen LogP) is 0.755. The number of aromatic nitrogens is 1. The highest BCUT2D eigenvalue weighted by molar-refractivity contribution is 7.89. The molecule has 9 heteroatoms. The van der Waals surface area contributed by atoms with Crippen LogP contribution < -0.4 is 16.2 Å². The number of halogens is 2. The Balaban J connectivity index is 0.00000180. The van der Waals surface area contributed by atoms with Gasteiger partial charge in [0.1, 0.15) is 10.7 Å². The van der Waals surface area contributed by atoms with E-state index in [9.17, 15) is 8.42 Å². The Morgan fingerprint density at radius 2 is 2.16 bits per heavy atom. The summed E-state index contributed by atoms with van der Waals surface area (Å²) in [5.41, 5.74) is 11.4. The average molecular weight is 327 g/mol. The topological polar surface area (TPSA) is 111 Å². The highest BCUT2D eigenvalue weighted by atomic mass is 35.5. The normalized spacial score (nSPS) is 16.7. The van der Waals surface area contributed by atoms with Crippen molar-refractivity contribution in [3.8, 4) is 0 Å². The molecule has 108 valence electrons. The van der Waals surface area contributed by atoms with E-state index in [1.807, 2.05) is 0 Å². The molecule has 0 saturated heterocycles. The van der Waals surface area contributed by atoms with E-state index in [0.29, 0.717) is 5.92 Å². The molecule has 0 aliphatic heterocycles. The van der Waals surface area contributed by atoms with Crippen molar-refractivity contribution in [3.05, 3.63) is 17.3 Å². The van der Waals surface area contributed by atoms with Crippen molar-refractivity contribution in [1.82, 2.24) is 9.71 Å². The molecule has 1 aromatic heterocycles. The van der Waals surface area contributed by atoms with Gasteiger partial charge in [-0.2, -0.15) is 0 Å². The molecule has 1 atom stereocenters. The molecule has 1 fully saturated rings. The molecule has 0 aromatic carbocycles. The molecular weight excluding hydrogens is 311 g/mol. The summed E-state index contributed by atoms with van der Waals surface area (Å²) in [5, 5.41) is 0.219. The number of hydrogen-bond donors (Lipinski definition) is 3. The smallest absolute Gasteiger partial charge is 0.244 e. The molecule has 0 spiro atoms. The van der Waals surface area contributed by atoms with E-state index in [2.05, 4.69) is 9.71 Å². The van der Waals surface area contributed by atoms with Crippen LogP contribution in [0.1, 0.15) is 12.8 Å². The number of nitrogens with two attached hydrogens (primary N) is 2. The zero-order valence-corrected chi connectivity index (χ0v) is 12.4. The third-order valence-electron chi connectivity index (χ3n) is 2.87. The molecule has 1 aliphatic carbocycles. The van der Waals surface area contributed by atoms with Crippen molar-refractivity contribution in [1.29, 1.82) is 0 Å². The quantitative estimate of drug-likeness (QED) is 0.739. The van der Waals surface area contributed by atoms with Gasteiger partial charge in [-0.05, 0) is 24.8 Å². The molecular formula is C10H16Cl2N4O2S. The maximum Gasteiger partial charge on any atom is 0.244 e. The Kier molecular flexibility index (Phi) is 5.40. The zero-order valence-electron chi connectivity index (χ0n) is 10.0. The molecule has 1 aromatic rings. The van der Waals surface area contributed by atoms with Crippen molar-refractivity contribution in [2.24, 2.45) is 11.7 Å². The van der Waals surface area contributed by atoms with Crippen molar-refractivity contribution in [3.63, 3.8) is 0 Å². The maximum absolute atomic E-state index is 12.0. The number of sulfonamides is 1. The lowest BCUT2D eigenvalue weighted by molar-refractivity contribution is 0.548. The summed E-state index contributed by atoms with van der Waals surface area (Å²) in [7, 11) is -3.72. The summed E-state index contributed by atoms with van der Waals surface area (Å²) in [5.74, 6) is 0.342. The number of nitrogen functional groups attached to an aromatic ring is 1. The maximum atomic E-state index is 12.0. The second kappa shape index (κ2) is 6.23. The Labute approximate surface area is 123 Å². The number of hydrogen-bond acceptors (Lipinski definition) is 5. The van der Waals surface area contributed by atoms with E-state index in [1.54, 1.807) is 0 Å². The molecule has 0 bridgehead atoms. The fourth-order valence-corrected chi connectivity index (χ4v) is 3.02. The van der Waals surface area contributed by atoms with Crippen molar-refractivity contribution < 1.29 is 8.42 Å². The van der Waals surface area contributed by atoms with Crippen LogP contribution in [0.4, 0.5) is 5.82 Å². The van der Waals surface area contributed by atoms with Crippen LogP contribution in [0.15, 0.2) is 17.2 Å². The van der Waals surface area contributed by atoms with Crippen molar-refractivity contribution in [2.45, 2.75) is 23.8 Å². The van der Waals surface area contributed by atoms with Crippen molar-refractivity contribution in [2.75, 3.05) is 12.3 Å². The average Bonchev–Trinajstić information content (AvgIpc) is 3.13. The van der Waals surface area contributed by atoms with Gasteiger partial charge >= 0.3 is 0 Å². The van der Waals surface area contributed by atoms with Crippen LogP contribution in [0.2, 0.25) is 5.02 Å². The monoisotopic (exact) mass is 326 g/mol. The third-order valence-corrected chi connectivity index (χ3v) is 4.53. The van der Waals surface area contributed by atoms with E-state index in [0.717, 1.165) is 12.8 Å². The van der Waals surface area contributed by atoms with Crippen molar-refractivity contribution >= 4 is 39.8 Å². The number of rotatable bonds is 5. The van der Waals surface area contributed by atoms with Crippen LogP contribution in [-0.2, 0) is 10.0 Å². The molecule has 6 nitrogen and oxygen atoms in total. The summed E-state index contributed by atoms with van der Waals surface area (Å²) < 4.78 is 26.4. The minimum Gasteiger partial charge on any atom is -0.383 e. The summed E-state index contributed by atoms with van der Waals surface area (Å²) >= 11 is 5.71. The number of anilines is 1. The Bertz CT molecular complexity index is 548. The van der Waals surface area contributed by atoms with Crippen LogP contribution in [0.3, 0.4) is 0 Å². The van der Waals surface area contributed by atoms with Gasteiger partial charge < -0.3 is 11.5 Å². The zero-order chi connectivity index (χ0) is 13.3. The van der Waals surface area contributed by atoms with Crippen LogP contribution >= 0.6 is 24.0 Å². The van der Waals surface area contributed by atoms with Gasteiger partial charge in [-0.15, -0.1) is 12.4 Å². The second-order valence-electron chi connectivity index (χ2n) is 4.39. The molecule has 1 unspecified atom stereocenters. The lowest BCUT2D eigenvalue weighted by Crippen LogP contribution is -2.38. The first-order valence-electron chi connectivity index (χ1n) is 5.56. The van der Waals surface area contributed by atoms with Gasteiger partial charge in [0, 0.05) is 18.8 Å². The number of nitrogens with one attached hydrogen (secondary N) is 1. The molecule has 0 amide bonds. The molecule has 5 N–H and O–H groups in total. The summed E-state index contributed by atoms with van der Waals surface area (Å²) in [4.78, 5) is 3.60. The van der Waals surface area contributed by atoms with Gasteiger partial charge in [0.25, 0.3) is 0 Å². The van der Waals surface area contributed by atoms with Gasteiger partial charge in [-0.3, -0.25) is 0 Å². The Morgan fingerprint density at radius 3 is 2.74 bits per heavy atom. The first-order chi connectivity index (χ1) is 8.40. The van der Waals surface area contributed by atoms with Gasteiger partial charge in [0.15, 0.2) is 0 Å². The number of nitrogens with zero attached hydrogens (tertiary/aromatic N) is 1. The minimum atomic E-state index is -3.72. The molecule has 1 saturated carbocycles. The van der Waals surface area contributed by atoms with Gasteiger partial charge in [-0.25, -0.2) is 18.1 Å². The number of pyridine rings is 1.